The molecular formula is C19H19NO2. The lowest BCUT2D eigenvalue weighted by molar-refractivity contribution is 0.104. The van der Waals surface area contributed by atoms with Crippen LogP contribution < -0.4 is 5.32 Å². The lowest BCUT2D eigenvalue weighted by Gasteiger charge is -2.35. The maximum atomic E-state index is 12.4. The number of hydrogen-bond donors (Lipinski definition) is 2. The molecule has 0 fully saturated rings. The van der Waals surface area contributed by atoms with Gasteiger partial charge in [-0.2, -0.15) is 0 Å². The van der Waals surface area contributed by atoms with Gasteiger partial charge in [-0.05, 0) is 50.1 Å². The molecule has 3 heteroatoms. The summed E-state index contributed by atoms with van der Waals surface area (Å²) in [7, 11) is 0. The van der Waals surface area contributed by atoms with Crippen molar-refractivity contribution in [1.82, 2.24) is 5.32 Å². The average Bonchev–Trinajstić information content (AvgIpc) is 2.46. The molecule has 0 aliphatic carbocycles. The van der Waals surface area contributed by atoms with E-state index in [0.717, 1.165) is 17.7 Å². The molecule has 2 aromatic carbocycles. The van der Waals surface area contributed by atoms with Crippen molar-refractivity contribution < 1.29 is 9.90 Å². The van der Waals surface area contributed by atoms with Crippen LogP contribution >= 0.6 is 0 Å². The Labute approximate surface area is 130 Å². The number of aromatic hydroxyl groups is 1. The van der Waals surface area contributed by atoms with E-state index in [9.17, 15) is 9.90 Å². The highest BCUT2D eigenvalue weighted by Gasteiger charge is 2.27. The van der Waals surface area contributed by atoms with E-state index in [4.69, 9.17) is 0 Å². The number of fused-ring (bicyclic) bond motifs is 1. The third kappa shape index (κ3) is 2.89. The molecule has 0 saturated carbocycles. The van der Waals surface area contributed by atoms with Crippen LogP contribution in [0.25, 0.3) is 5.70 Å². The quantitative estimate of drug-likeness (QED) is 0.657. The van der Waals surface area contributed by atoms with Crippen LogP contribution in [-0.4, -0.2) is 16.4 Å². The predicted molar refractivity (Wildman–Crippen MR) is 87.8 cm³/mol. The maximum Gasteiger partial charge on any atom is 0.187 e. The second kappa shape index (κ2) is 5.34. The number of allylic oxidation sites excluding steroid dienone is 1. The molecule has 0 saturated heterocycles. The first kappa shape index (κ1) is 14.4. The summed E-state index contributed by atoms with van der Waals surface area (Å²) in [5, 5.41) is 12.8. The number of phenolic OH excluding ortho intramolecular Hbond substituents is 1. The SMILES string of the molecule is CC1(C)Cc2ccccc2C(=CC(=O)c2ccc(O)cc2)N1. The Kier molecular flexibility index (Phi) is 3.49. The van der Waals surface area contributed by atoms with Gasteiger partial charge < -0.3 is 10.4 Å². The summed E-state index contributed by atoms with van der Waals surface area (Å²) < 4.78 is 0. The molecule has 1 aliphatic heterocycles. The number of benzene rings is 2. The van der Waals surface area contributed by atoms with Gasteiger partial charge in [0.25, 0.3) is 0 Å². The molecule has 112 valence electrons. The van der Waals surface area contributed by atoms with Crippen molar-refractivity contribution in [2.24, 2.45) is 0 Å². The number of carbonyl (C=O) groups is 1. The van der Waals surface area contributed by atoms with E-state index in [2.05, 4.69) is 25.2 Å². The predicted octanol–water partition coefficient (Wildman–Crippen LogP) is 3.54. The normalized spacial score (nSPS) is 17.6. The van der Waals surface area contributed by atoms with E-state index >= 15 is 0 Å². The minimum absolute atomic E-state index is 0.0741. The van der Waals surface area contributed by atoms with Gasteiger partial charge in [-0.1, -0.05) is 24.3 Å². The lowest BCUT2D eigenvalue weighted by Crippen LogP contribution is -2.43. The van der Waals surface area contributed by atoms with Crippen molar-refractivity contribution in [2.75, 3.05) is 0 Å². The van der Waals surface area contributed by atoms with Gasteiger partial charge in [-0.15, -0.1) is 0 Å². The summed E-state index contributed by atoms with van der Waals surface area (Å²) in [6.45, 7) is 4.25. The highest BCUT2D eigenvalue weighted by molar-refractivity contribution is 6.08. The van der Waals surface area contributed by atoms with Gasteiger partial charge in [0.15, 0.2) is 5.78 Å². The minimum atomic E-state index is -0.0879. The van der Waals surface area contributed by atoms with Crippen LogP contribution in [0.4, 0.5) is 0 Å². The smallest absolute Gasteiger partial charge is 0.187 e. The zero-order valence-corrected chi connectivity index (χ0v) is 12.8. The minimum Gasteiger partial charge on any atom is -0.508 e. The van der Waals surface area contributed by atoms with Gasteiger partial charge in [0.2, 0.25) is 0 Å². The number of nitrogens with one attached hydrogen (secondary N) is 1. The third-order valence-corrected chi connectivity index (χ3v) is 3.84. The highest BCUT2D eigenvalue weighted by Crippen LogP contribution is 2.29. The largest absolute Gasteiger partial charge is 0.508 e. The molecule has 0 unspecified atom stereocenters. The van der Waals surface area contributed by atoms with Gasteiger partial charge in [0.05, 0.1) is 0 Å². The summed E-state index contributed by atoms with van der Waals surface area (Å²) in [5.74, 6) is 0.0847. The van der Waals surface area contributed by atoms with Crippen molar-refractivity contribution in [3.8, 4) is 5.75 Å². The summed E-state index contributed by atoms with van der Waals surface area (Å²) in [5.41, 5.74) is 3.65. The van der Waals surface area contributed by atoms with Gasteiger partial charge >= 0.3 is 0 Å². The van der Waals surface area contributed by atoms with Gasteiger partial charge in [0.1, 0.15) is 5.75 Å². The third-order valence-electron chi connectivity index (χ3n) is 3.84. The van der Waals surface area contributed by atoms with Crippen molar-refractivity contribution in [2.45, 2.75) is 25.8 Å². The first-order valence-corrected chi connectivity index (χ1v) is 7.36. The molecule has 1 heterocycles. The summed E-state index contributed by atoms with van der Waals surface area (Å²) >= 11 is 0. The molecule has 2 aromatic rings. The van der Waals surface area contributed by atoms with Gasteiger partial charge in [-0.25, -0.2) is 0 Å². The fourth-order valence-electron chi connectivity index (χ4n) is 2.84. The van der Waals surface area contributed by atoms with Crippen LogP contribution in [0.1, 0.15) is 35.3 Å². The molecule has 3 rings (SSSR count). The molecule has 22 heavy (non-hydrogen) atoms. The van der Waals surface area contributed by atoms with E-state index in [-0.39, 0.29) is 17.1 Å². The number of hydrogen-bond acceptors (Lipinski definition) is 3. The maximum absolute atomic E-state index is 12.4. The Morgan fingerprint density at radius 3 is 2.55 bits per heavy atom. The first-order valence-electron chi connectivity index (χ1n) is 7.36. The molecule has 0 atom stereocenters. The Balaban J connectivity index is 1.99. The lowest BCUT2D eigenvalue weighted by atomic mass is 9.85. The van der Waals surface area contributed by atoms with E-state index < -0.39 is 0 Å². The fourth-order valence-corrected chi connectivity index (χ4v) is 2.84. The van der Waals surface area contributed by atoms with Crippen molar-refractivity contribution >= 4 is 11.5 Å². The Morgan fingerprint density at radius 2 is 1.82 bits per heavy atom. The van der Waals surface area contributed by atoms with Gasteiger partial charge in [-0.3, -0.25) is 4.79 Å². The van der Waals surface area contributed by atoms with Crippen molar-refractivity contribution in [3.63, 3.8) is 0 Å². The average molecular weight is 293 g/mol. The molecule has 0 aromatic heterocycles. The monoisotopic (exact) mass is 293 g/mol. The summed E-state index contributed by atoms with van der Waals surface area (Å²) in [6, 6.07) is 14.5. The standard InChI is InChI=1S/C19H19NO2/c1-19(2)12-14-5-3-4-6-16(14)17(20-19)11-18(22)13-7-9-15(21)10-8-13/h3-11,20-21H,12H2,1-2H3. The summed E-state index contributed by atoms with van der Waals surface area (Å²) in [4.78, 5) is 12.4. The number of carbonyl (C=O) groups excluding carboxylic acids is 1. The van der Waals surface area contributed by atoms with E-state index in [1.807, 2.05) is 18.2 Å². The molecule has 2 N–H and O–H groups in total. The van der Waals surface area contributed by atoms with Crippen molar-refractivity contribution in [1.29, 1.82) is 0 Å². The molecule has 0 bridgehead atoms. The molecule has 0 amide bonds. The van der Waals surface area contributed by atoms with Crippen LogP contribution in [0.3, 0.4) is 0 Å². The van der Waals surface area contributed by atoms with Crippen LogP contribution in [0.5, 0.6) is 5.75 Å². The van der Waals surface area contributed by atoms with Crippen LogP contribution in [0.2, 0.25) is 0 Å². The molecule has 0 spiro atoms. The van der Waals surface area contributed by atoms with E-state index in [1.54, 1.807) is 18.2 Å². The summed E-state index contributed by atoms with van der Waals surface area (Å²) in [6.07, 6.45) is 2.57. The fraction of sp³-hybridized carbons (Fsp3) is 0.211. The van der Waals surface area contributed by atoms with E-state index in [0.29, 0.717) is 5.56 Å². The first-order chi connectivity index (χ1) is 10.4. The molecule has 3 nitrogen and oxygen atoms in total. The zero-order chi connectivity index (χ0) is 15.7. The van der Waals surface area contributed by atoms with Gasteiger partial charge in [0, 0.05) is 28.4 Å². The van der Waals surface area contributed by atoms with Crippen molar-refractivity contribution in [3.05, 3.63) is 71.3 Å². The van der Waals surface area contributed by atoms with Crippen LogP contribution in [-0.2, 0) is 6.42 Å². The topological polar surface area (TPSA) is 49.3 Å². The van der Waals surface area contributed by atoms with E-state index in [1.165, 1.54) is 17.7 Å². The molecular weight excluding hydrogens is 274 g/mol. The zero-order valence-electron chi connectivity index (χ0n) is 12.8. The Bertz CT molecular complexity index is 742. The number of ketones is 1. The second-order valence-corrected chi connectivity index (χ2v) is 6.31. The second-order valence-electron chi connectivity index (χ2n) is 6.31. The Morgan fingerprint density at radius 1 is 1.14 bits per heavy atom. The van der Waals surface area contributed by atoms with Crippen LogP contribution in [0.15, 0.2) is 54.6 Å². The number of rotatable bonds is 2. The Hall–Kier alpha value is -2.55. The number of phenols is 1. The molecule has 0 radical (unpaired) electrons. The van der Waals surface area contributed by atoms with Crippen LogP contribution in [0, 0.1) is 0 Å². The highest BCUT2D eigenvalue weighted by atomic mass is 16.3. The molecule has 1 aliphatic rings.